The van der Waals surface area contributed by atoms with E-state index in [1.165, 1.54) is 24.1 Å². The Kier molecular flexibility index (Phi) is 6.06. The van der Waals surface area contributed by atoms with E-state index in [4.69, 9.17) is 4.74 Å². The minimum atomic E-state index is 0.795. The first kappa shape index (κ1) is 15.0. The molecule has 0 unspecified atom stereocenters. The minimum absolute atomic E-state index is 0.795. The summed E-state index contributed by atoms with van der Waals surface area (Å²) in [7, 11) is 0. The van der Waals surface area contributed by atoms with Crippen molar-refractivity contribution in [2.75, 3.05) is 6.61 Å². The quantitative estimate of drug-likeness (QED) is 0.613. The Labute approximate surface area is 125 Å². The third kappa shape index (κ3) is 4.07. The fraction of sp³-hybridized carbons (Fsp3) is 0.471. The Bertz CT molecular complexity index is 521. The van der Waals surface area contributed by atoms with E-state index in [1.54, 1.807) is 11.3 Å². The molecule has 0 radical (unpaired) electrons. The zero-order valence-corrected chi connectivity index (χ0v) is 13.2. The molecule has 0 aliphatic heterocycles. The van der Waals surface area contributed by atoms with Gasteiger partial charge in [-0.25, -0.2) is 4.98 Å². The third-order valence-corrected chi connectivity index (χ3v) is 4.45. The van der Waals surface area contributed by atoms with E-state index in [0.29, 0.717) is 0 Å². The number of para-hydroxylation sites is 1. The van der Waals surface area contributed by atoms with E-state index in [-0.39, 0.29) is 0 Å². The summed E-state index contributed by atoms with van der Waals surface area (Å²) in [5.41, 5.74) is 1.12. The highest BCUT2D eigenvalue weighted by molar-refractivity contribution is 7.15. The van der Waals surface area contributed by atoms with Gasteiger partial charge >= 0.3 is 0 Å². The molecule has 0 saturated heterocycles. The van der Waals surface area contributed by atoms with Crippen molar-refractivity contribution in [1.82, 2.24) is 4.98 Å². The smallest absolute Gasteiger partial charge is 0.129 e. The number of nitrogens with zero attached hydrogens (tertiary/aromatic N) is 1. The maximum atomic E-state index is 5.95. The summed E-state index contributed by atoms with van der Waals surface area (Å²) in [5.74, 6) is 0.959. The van der Waals surface area contributed by atoms with Gasteiger partial charge in [-0.15, -0.1) is 11.3 Å². The van der Waals surface area contributed by atoms with Crippen LogP contribution >= 0.6 is 11.3 Å². The zero-order valence-electron chi connectivity index (χ0n) is 12.4. The van der Waals surface area contributed by atoms with Gasteiger partial charge < -0.3 is 4.74 Å². The average molecular weight is 289 g/mol. The second-order valence-corrected chi connectivity index (χ2v) is 6.01. The van der Waals surface area contributed by atoms with Crippen LogP contribution in [0.2, 0.25) is 0 Å². The van der Waals surface area contributed by atoms with Crippen LogP contribution in [-0.4, -0.2) is 11.6 Å². The van der Waals surface area contributed by atoms with Crippen LogP contribution in [0.1, 0.15) is 44.4 Å². The molecule has 108 valence electrons. The first-order chi connectivity index (χ1) is 9.85. The SMILES string of the molecule is CCCCCCOc1ccccc1-c1ncc(CC)s1. The van der Waals surface area contributed by atoms with E-state index in [0.717, 1.165) is 35.8 Å². The molecule has 2 nitrogen and oxygen atoms in total. The fourth-order valence-corrected chi connectivity index (χ4v) is 2.96. The van der Waals surface area contributed by atoms with Crippen LogP contribution in [0, 0.1) is 0 Å². The molecule has 1 aromatic carbocycles. The summed E-state index contributed by atoms with van der Waals surface area (Å²) in [6, 6.07) is 8.22. The van der Waals surface area contributed by atoms with E-state index >= 15 is 0 Å². The van der Waals surface area contributed by atoms with Gasteiger partial charge in [0, 0.05) is 11.1 Å². The molecule has 2 rings (SSSR count). The molecule has 0 bridgehead atoms. The fourth-order valence-electron chi connectivity index (χ4n) is 2.08. The van der Waals surface area contributed by atoms with Crippen molar-refractivity contribution in [1.29, 1.82) is 0 Å². The summed E-state index contributed by atoms with van der Waals surface area (Å²) >= 11 is 1.76. The Balaban J connectivity index is 2.02. The van der Waals surface area contributed by atoms with E-state index < -0.39 is 0 Å². The highest BCUT2D eigenvalue weighted by atomic mass is 32.1. The molecule has 2 aromatic rings. The molecule has 0 atom stereocenters. The molecule has 0 spiro atoms. The summed E-state index contributed by atoms with van der Waals surface area (Å²) < 4.78 is 5.95. The number of benzene rings is 1. The molecule has 0 fully saturated rings. The number of thiazole rings is 1. The van der Waals surface area contributed by atoms with Gasteiger partial charge in [0.05, 0.1) is 12.2 Å². The van der Waals surface area contributed by atoms with Crippen molar-refractivity contribution < 1.29 is 4.74 Å². The summed E-state index contributed by atoms with van der Waals surface area (Å²) in [6.45, 7) is 5.18. The highest BCUT2D eigenvalue weighted by Gasteiger charge is 2.09. The largest absolute Gasteiger partial charge is 0.493 e. The lowest BCUT2D eigenvalue weighted by Crippen LogP contribution is -1.98. The van der Waals surface area contributed by atoms with Gasteiger partial charge in [-0.1, -0.05) is 45.2 Å². The Morgan fingerprint density at radius 3 is 2.70 bits per heavy atom. The Morgan fingerprint density at radius 2 is 1.95 bits per heavy atom. The predicted molar refractivity (Wildman–Crippen MR) is 86.6 cm³/mol. The van der Waals surface area contributed by atoms with Crippen molar-refractivity contribution in [2.45, 2.75) is 46.0 Å². The van der Waals surface area contributed by atoms with Crippen LogP contribution < -0.4 is 4.74 Å². The molecule has 0 amide bonds. The Morgan fingerprint density at radius 1 is 1.10 bits per heavy atom. The van der Waals surface area contributed by atoms with Gasteiger partial charge in [0.25, 0.3) is 0 Å². The number of ether oxygens (including phenoxy) is 1. The molecule has 0 saturated carbocycles. The summed E-state index contributed by atoms with van der Waals surface area (Å²) in [4.78, 5) is 5.83. The molecule has 1 aromatic heterocycles. The second-order valence-electron chi connectivity index (χ2n) is 4.89. The van der Waals surface area contributed by atoms with Crippen LogP contribution in [0.4, 0.5) is 0 Å². The van der Waals surface area contributed by atoms with Crippen molar-refractivity contribution in [3.63, 3.8) is 0 Å². The first-order valence-corrected chi connectivity index (χ1v) is 8.33. The highest BCUT2D eigenvalue weighted by Crippen LogP contribution is 2.33. The first-order valence-electron chi connectivity index (χ1n) is 7.52. The topological polar surface area (TPSA) is 22.1 Å². The summed E-state index contributed by atoms with van der Waals surface area (Å²) in [5, 5.41) is 1.06. The van der Waals surface area contributed by atoms with Gasteiger partial charge in [0.1, 0.15) is 10.8 Å². The van der Waals surface area contributed by atoms with Crippen LogP contribution in [0.5, 0.6) is 5.75 Å². The second kappa shape index (κ2) is 8.05. The van der Waals surface area contributed by atoms with Crippen LogP contribution in [-0.2, 0) is 6.42 Å². The van der Waals surface area contributed by atoms with Crippen LogP contribution in [0.3, 0.4) is 0 Å². The molecular weight excluding hydrogens is 266 g/mol. The average Bonchev–Trinajstić information content (AvgIpc) is 2.96. The monoisotopic (exact) mass is 289 g/mol. The van der Waals surface area contributed by atoms with Crippen molar-refractivity contribution in [3.05, 3.63) is 35.3 Å². The van der Waals surface area contributed by atoms with Crippen molar-refractivity contribution in [3.8, 4) is 16.3 Å². The zero-order chi connectivity index (χ0) is 14.2. The van der Waals surface area contributed by atoms with E-state index in [1.807, 2.05) is 24.4 Å². The molecule has 0 N–H and O–H groups in total. The normalized spacial score (nSPS) is 10.7. The van der Waals surface area contributed by atoms with Crippen molar-refractivity contribution in [2.24, 2.45) is 0 Å². The molecule has 0 aliphatic rings. The van der Waals surface area contributed by atoms with E-state index in [2.05, 4.69) is 24.9 Å². The number of unbranched alkanes of at least 4 members (excludes halogenated alkanes) is 3. The molecule has 0 aliphatic carbocycles. The lowest BCUT2D eigenvalue weighted by atomic mass is 10.2. The van der Waals surface area contributed by atoms with Crippen LogP contribution in [0.25, 0.3) is 10.6 Å². The van der Waals surface area contributed by atoms with Crippen molar-refractivity contribution >= 4 is 11.3 Å². The number of hydrogen-bond donors (Lipinski definition) is 0. The number of rotatable bonds is 8. The van der Waals surface area contributed by atoms with Gasteiger partial charge in [-0.3, -0.25) is 0 Å². The lowest BCUT2D eigenvalue weighted by molar-refractivity contribution is 0.306. The number of hydrogen-bond acceptors (Lipinski definition) is 3. The number of aryl methyl sites for hydroxylation is 1. The van der Waals surface area contributed by atoms with Crippen LogP contribution in [0.15, 0.2) is 30.5 Å². The van der Waals surface area contributed by atoms with Gasteiger partial charge in [0.15, 0.2) is 0 Å². The molecule has 1 heterocycles. The minimum Gasteiger partial charge on any atom is -0.493 e. The predicted octanol–water partition coefficient (Wildman–Crippen LogP) is 5.33. The molecular formula is C17H23NOS. The lowest BCUT2D eigenvalue weighted by Gasteiger charge is -2.09. The molecule has 20 heavy (non-hydrogen) atoms. The number of aromatic nitrogens is 1. The summed E-state index contributed by atoms with van der Waals surface area (Å²) in [6.07, 6.45) is 7.93. The standard InChI is InChI=1S/C17H23NOS/c1-3-5-6-9-12-19-16-11-8-7-10-15(16)17-18-13-14(4-2)20-17/h7-8,10-11,13H,3-6,9,12H2,1-2H3. The third-order valence-electron chi connectivity index (χ3n) is 3.27. The maximum Gasteiger partial charge on any atom is 0.129 e. The van der Waals surface area contributed by atoms with Gasteiger partial charge in [-0.05, 0) is 25.0 Å². The van der Waals surface area contributed by atoms with E-state index in [9.17, 15) is 0 Å². The molecule has 3 heteroatoms. The van der Waals surface area contributed by atoms with Gasteiger partial charge in [0.2, 0.25) is 0 Å². The van der Waals surface area contributed by atoms with Gasteiger partial charge in [-0.2, -0.15) is 0 Å². The maximum absolute atomic E-state index is 5.95. The Hall–Kier alpha value is -1.35.